The minimum Gasteiger partial charge on any atom is -0.465 e. The minimum atomic E-state index is -0.574. The van der Waals surface area contributed by atoms with Crippen LogP contribution < -0.4 is 5.32 Å². The maximum Gasteiger partial charge on any atom is 0.302 e. The Kier molecular flexibility index (Phi) is 5.92. The van der Waals surface area contributed by atoms with Gasteiger partial charge in [0.05, 0.1) is 18.6 Å². The van der Waals surface area contributed by atoms with Crippen molar-refractivity contribution >= 4 is 5.97 Å². The lowest BCUT2D eigenvalue weighted by molar-refractivity contribution is -0.355. The van der Waals surface area contributed by atoms with E-state index in [0.29, 0.717) is 19.8 Å². The topological polar surface area (TPSA) is 56.8 Å². The van der Waals surface area contributed by atoms with Gasteiger partial charge in [0.2, 0.25) is 0 Å². The molecule has 0 radical (unpaired) electrons. The molecule has 2 heterocycles. The van der Waals surface area contributed by atoms with Gasteiger partial charge < -0.3 is 19.5 Å². The van der Waals surface area contributed by atoms with Gasteiger partial charge in [0, 0.05) is 30.3 Å². The number of rotatable bonds is 5. The molecule has 2 aliphatic rings. The standard InChI is InChI=1S/C20H37NO4/c1-8-17(6)11-20(15(4)18(7,9-2)21-17)24-13-19(10-3,14-25-20)12-23-16(5)22/h15,21H,8-14H2,1-7H3. The van der Waals surface area contributed by atoms with Crippen LogP contribution in [0.15, 0.2) is 0 Å². The third kappa shape index (κ3) is 3.88. The molecule has 0 bridgehead atoms. The number of hydrogen-bond donors (Lipinski definition) is 1. The van der Waals surface area contributed by atoms with E-state index in [-0.39, 0.29) is 28.4 Å². The van der Waals surface area contributed by atoms with Crippen LogP contribution in [0, 0.1) is 11.3 Å². The normalized spacial score (nSPS) is 44.7. The number of esters is 1. The Morgan fingerprint density at radius 2 is 1.72 bits per heavy atom. The van der Waals surface area contributed by atoms with Crippen molar-refractivity contribution in [3.05, 3.63) is 0 Å². The third-order valence-corrected chi connectivity index (χ3v) is 6.93. The van der Waals surface area contributed by atoms with Crippen LogP contribution in [-0.2, 0) is 19.0 Å². The van der Waals surface area contributed by atoms with Gasteiger partial charge in [-0.15, -0.1) is 0 Å². The quantitative estimate of drug-likeness (QED) is 0.763. The molecule has 2 saturated heterocycles. The van der Waals surface area contributed by atoms with Crippen molar-refractivity contribution in [3.63, 3.8) is 0 Å². The predicted octanol–water partition coefficient (Wildman–Crippen LogP) is 3.66. The first-order valence-electron chi connectivity index (χ1n) is 9.79. The zero-order valence-corrected chi connectivity index (χ0v) is 17.2. The second-order valence-electron chi connectivity index (χ2n) is 8.73. The van der Waals surface area contributed by atoms with E-state index in [1.54, 1.807) is 0 Å². The monoisotopic (exact) mass is 355 g/mol. The molecule has 5 nitrogen and oxygen atoms in total. The van der Waals surface area contributed by atoms with Crippen molar-refractivity contribution in [1.82, 2.24) is 5.32 Å². The van der Waals surface area contributed by atoms with E-state index in [4.69, 9.17) is 14.2 Å². The molecule has 0 saturated carbocycles. The van der Waals surface area contributed by atoms with Gasteiger partial charge in [-0.3, -0.25) is 4.79 Å². The van der Waals surface area contributed by atoms with Gasteiger partial charge in [0.25, 0.3) is 0 Å². The van der Waals surface area contributed by atoms with E-state index in [2.05, 4.69) is 46.9 Å². The van der Waals surface area contributed by atoms with Crippen molar-refractivity contribution in [2.45, 2.75) is 91.0 Å². The van der Waals surface area contributed by atoms with Gasteiger partial charge in [0.15, 0.2) is 5.79 Å². The van der Waals surface area contributed by atoms with Gasteiger partial charge in [-0.2, -0.15) is 0 Å². The predicted molar refractivity (Wildman–Crippen MR) is 98.3 cm³/mol. The zero-order chi connectivity index (χ0) is 18.9. The minimum absolute atomic E-state index is 0.0145. The number of ether oxygens (including phenoxy) is 3. The van der Waals surface area contributed by atoms with E-state index in [1.807, 2.05) is 0 Å². The highest BCUT2D eigenvalue weighted by atomic mass is 16.7. The van der Waals surface area contributed by atoms with Crippen LogP contribution in [0.1, 0.15) is 74.1 Å². The summed E-state index contributed by atoms with van der Waals surface area (Å²) in [5.74, 6) is -0.593. The van der Waals surface area contributed by atoms with Crippen LogP contribution in [-0.4, -0.2) is 42.7 Å². The Balaban J connectivity index is 2.22. The summed E-state index contributed by atoms with van der Waals surface area (Å²) in [6, 6.07) is 0. The summed E-state index contributed by atoms with van der Waals surface area (Å²) in [6.07, 6.45) is 3.74. The third-order valence-electron chi connectivity index (χ3n) is 6.93. The second-order valence-corrected chi connectivity index (χ2v) is 8.73. The van der Waals surface area contributed by atoms with Crippen molar-refractivity contribution in [2.24, 2.45) is 11.3 Å². The van der Waals surface area contributed by atoms with Crippen molar-refractivity contribution in [1.29, 1.82) is 0 Å². The Hall–Kier alpha value is -0.650. The van der Waals surface area contributed by atoms with Gasteiger partial charge in [-0.05, 0) is 33.1 Å². The molecule has 3 atom stereocenters. The SMILES string of the molecule is CCC1(COC(C)=O)COC2(CC(C)(CC)NC(C)(CC)C2C)OC1. The van der Waals surface area contributed by atoms with Crippen LogP contribution in [0.4, 0.5) is 0 Å². The van der Waals surface area contributed by atoms with E-state index >= 15 is 0 Å². The first-order valence-corrected chi connectivity index (χ1v) is 9.79. The number of hydrogen-bond acceptors (Lipinski definition) is 5. The van der Waals surface area contributed by atoms with E-state index in [9.17, 15) is 4.79 Å². The van der Waals surface area contributed by atoms with Crippen LogP contribution in [0.5, 0.6) is 0 Å². The number of carbonyl (C=O) groups is 1. The second kappa shape index (κ2) is 7.16. The molecular formula is C20H37NO4. The van der Waals surface area contributed by atoms with Crippen LogP contribution in [0.25, 0.3) is 0 Å². The number of piperidine rings is 1. The Labute approximate surface area is 153 Å². The van der Waals surface area contributed by atoms with Crippen LogP contribution in [0.3, 0.4) is 0 Å². The van der Waals surface area contributed by atoms with E-state index in [0.717, 1.165) is 25.7 Å². The molecule has 0 aromatic carbocycles. The molecule has 2 fully saturated rings. The summed E-state index contributed by atoms with van der Waals surface area (Å²) in [5, 5.41) is 3.87. The molecule has 1 spiro atoms. The number of nitrogens with one attached hydrogen (secondary N) is 1. The molecule has 0 aliphatic carbocycles. The van der Waals surface area contributed by atoms with Gasteiger partial charge in [0.1, 0.15) is 6.61 Å². The molecule has 0 amide bonds. The molecule has 5 heteroatoms. The average Bonchev–Trinajstić information content (AvgIpc) is 2.59. The molecule has 3 unspecified atom stereocenters. The van der Waals surface area contributed by atoms with Crippen molar-refractivity contribution < 1.29 is 19.0 Å². The van der Waals surface area contributed by atoms with Gasteiger partial charge >= 0.3 is 5.97 Å². The highest BCUT2D eigenvalue weighted by molar-refractivity contribution is 5.65. The van der Waals surface area contributed by atoms with Crippen LogP contribution in [0.2, 0.25) is 0 Å². The average molecular weight is 356 g/mol. The molecule has 2 aliphatic heterocycles. The maximum absolute atomic E-state index is 11.2. The van der Waals surface area contributed by atoms with E-state index < -0.39 is 5.79 Å². The van der Waals surface area contributed by atoms with Crippen molar-refractivity contribution in [2.75, 3.05) is 19.8 Å². The summed E-state index contributed by atoms with van der Waals surface area (Å²) in [4.78, 5) is 11.2. The summed E-state index contributed by atoms with van der Waals surface area (Å²) in [6.45, 7) is 16.3. The molecule has 0 aromatic heterocycles. The molecule has 146 valence electrons. The first-order chi connectivity index (χ1) is 11.6. The highest BCUT2D eigenvalue weighted by Crippen LogP contribution is 2.49. The molecule has 2 rings (SSSR count). The zero-order valence-electron chi connectivity index (χ0n) is 17.2. The van der Waals surface area contributed by atoms with Gasteiger partial charge in [-0.25, -0.2) is 0 Å². The van der Waals surface area contributed by atoms with Gasteiger partial charge in [-0.1, -0.05) is 27.7 Å². The first kappa shape index (κ1) is 20.7. The Morgan fingerprint density at radius 1 is 1.12 bits per heavy atom. The Morgan fingerprint density at radius 3 is 2.16 bits per heavy atom. The van der Waals surface area contributed by atoms with E-state index in [1.165, 1.54) is 6.92 Å². The largest absolute Gasteiger partial charge is 0.465 e. The molecular weight excluding hydrogens is 318 g/mol. The summed E-state index contributed by atoms with van der Waals surface area (Å²) in [5.41, 5.74) is -0.294. The lowest BCUT2D eigenvalue weighted by atomic mass is 9.67. The van der Waals surface area contributed by atoms with Crippen LogP contribution >= 0.6 is 0 Å². The maximum atomic E-state index is 11.2. The fourth-order valence-electron chi connectivity index (χ4n) is 4.26. The lowest BCUT2D eigenvalue weighted by Gasteiger charge is -2.60. The lowest BCUT2D eigenvalue weighted by Crippen LogP contribution is -2.73. The smallest absolute Gasteiger partial charge is 0.302 e. The molecule has 0 aromatic rings. The van der Waals surface area contributed by atoms with Crippen molar-refractivity contribution in [3.8, 4) is 0 Å². The number of carbonyl (C=O) groups excluding carboxylic acids is 1. The molecule has 1 N–H and O–H groups in total. The Bertz CT molecular complexity index is 486. The molecule has 25 heavy (non-hydrogen) atoms. The highest BCUT2D eigenvalue weighted by Gasteiger charge is 2.59. The summed E-state index contributed by atoms with van der Waals surface area (Å²) in [7, 11) is 0. The fraction of sp³-hybridized carbons (Fsp3) is 0.950. The summed E-state index contributed by atoms with van der Waals surface area (Å²) >= 11 is 0. The fourth-order valence-corrected chi connectivity index (χ4v) is 4.26. The summed E-state index contributed by atoms with van der Waals surface area (Å²) < 4.78 is 18.3.